The topological polar surface area (TPSA) is 46.3 Å². The Bertz CT molecular complexity index is 450. The van der Waals surface area contributed by atoms with Crippen molar-refractivity contribution in [2.24, 2.45) is 17.6 Å². The summed E-state index contributed by atoms with van der Waals surface area (Å²) in [4.78, 5) is 14.7. The lowest BCUT2D eigenvalue weighted by Crippen LogP contribution is -2.45. The van der Waals surface area contributed by atoms with Crippen molar-refractivity contribution in [1.29, 1.82) is 0 Å². The van der Waals surface area contributed by atoms with E-state index < -0.39 is 0 Å². The Hall–Kier alpha value is -1.35. The van der Waals surface area contributed by atoms with Gasteiger partial charge in [0.1, 0.15) is 0 Å². The lowest BCUT2D eigenvalue weighted by atomic mass is 9.86. The molecule has 1 saturated heterocycles. The molecule has 2 N–H and O–H groups in total. The highest BCUT2D eigenvalue weighted by molar-refractivity contribution is 5.97. The van der Waals surface area contributed by atoms with E-state index in [4.69, 9.17) is 5.73 Å². The second-order valence-electron chi connectivity index (χ2n) is 5.78. The van der Waals surface area contributed by atoms with Gasteiger partial charge in [0.15, 0.2) is 0 Å². The zero-order valence-corrected chi connectivity index (χ0v) is 12.1. The number of likely N-dealkylation sites (tertiary alicyclic amines) is 1. The van der Waals surface area contributed by atoms with Gasteiger partial charge in [-0.2, -0.15) is 0 Å². The molecule has 1 aromatic rings. The third-order valence-electron chi connectivity index (χ3n) is 4.40. The quantitative estimate of drug-likeness (QED) is 0.887. The molecule has 1 aromatic carbocycles. The lowest BCUT2D eigenvalue weighted by molar-refractivity contribution is 0.0617. The van der Waals surface area contributed by atoms with Crippen LogP contribution in [0, 0.1) is 25.7 Å². The number of carbonyl (C=O) groups is 1. The van der Waals surface area contributed by atoms with Gasteiger partial charge in [0.2, 0.25) is 0 Å². The molecule has 3 nitrogen and oxygen atoms in total. The largest absolute Gasteiger partial charge is 0.338 e. The smallest absolute Gasteiger partial charge is 0.254 e. The van der Waals surface area contributed by atoms with Gasteiger partial charge in [-0.3, -0.25) is 4.79 Å². The van der Waals surface area contributed by atoms with Crippen LogP contribution in [0.5, 0.6) is 0 Å². The summed E-state index contributed by atoms with van der Waals surface area (Å²) in [5.74, 6) is 1.22. The van der Waals surface area contributed by atoms with Gasteiger partial charge in [-0.1, -0.05) is 25.1 Å². The van der Waals surface area contributed by atoms with Crippen molar-refractivity contribution in [1.82, 2.24) is 4.90 Å². The van der Waals surface area contributed by atoms with Crippen LogP contribution in [0.15, 0.2) is 18.2 Å². The molecular weight excluding hydrogens is 236 g/mol. The maximum absolute atomic E-state index is 12.7. The number of aryl methyl sites for hydroxylation is 2. The number of benzene rings is 1. The van der Waals surface area contributed by atoms with E-state index in [1.165, 1.54) is 0 Å². The van der Waals surface area contributed by atoms with E-state index in [1.807, 2.05) is 36.9 Å². The molecule has 0 bridgehead atoms. The summed E-state index contributed by atoms with van der Waals surface area (Å²) >= 11 is 0. The monoisotopic (exact) mass is 260 g/mol. The summed E-state index contributed by atoms with van der Waals surface area (Å²) in [5, 5.41) is 0. The first kappa shape index (κ1) is 14.1. The number of hydrogen-bond donors (Lipinski definition) is 1. The van der Waals surface area contributed by atoms with Gasteiger partial charge in [-0.05, 0) is 49.8 Å². The third kappa shape index (κ3) is 2.81. The average Bonchev–Trinajstić information content (AvgIpc) is 2.39. The minimum atomic E-state index is 0.168. The third-order valence-corrected chi connectivity index (χ3v) is 4.40. The summed E-state index contributed by atoms with van der Waals surface area (Å²) in [6.07, 6.45) is 1.05. The second kappa shape index (κ2) is 5.74. The van der Waals surface area contributed by atoms with Crippen molar-refractivity contribution < 1.29 is 4.79 Å². The van der Waals surface area contributed by atoms with E-state index >= 15 is 0 Å². The van der Waals surface area contributed by atoms with Gasteiger partial charge in [-0.15, -0.1) is 0 Å². The number of nitrogens with zero attached hydrogens (tertiary/aromatic N) is 1. The Morgan fingerprint density at radius 1 is 1.37 bits per heavy atom. The van der Waals surface area contributed by atoms with Gasteiger partial charge in [0, 0.05) is 18.7 Å². The summed E-state index contributed by atoms with van der Waals surface area (Å²) < 4.78 is 0. The predicted octanol–water partition coefficient (Wildman–Crippen LogP) is 2.36. The standard InChI is InChI=1S/C16H24N2O/c1-11-7-8-18(10-14(11)9-17)16(19)15-12(2)5-4-6-13(15)3/h4-6,11,14H,7-10,17H2,1-3H3. The predicted molar refractivity (Wildman–Crippen MR) is 78.1 cm³/mol. The molecule has 19 heavy (non-hydrogen) atoms. The SMILES string of the molecule is Cc1cccc(C)c1C(=O)N1CCC(C)C(CN)C1. The van der Waals surface area contributed by atoms with Crippen LogP contribution >= 0.6 is 0 Å². The van der Waals surface area contributed by atoms with Crippen LogP contribution in [0.1, 0.15) is 34.8 Å². The van der Waals surface area contributed by atoms with Crippen molar-refractivity contribution in [2.45, 2.75) is 27.2 Å². The summed E-state index contributed by atoms with van der Waals surface area (Å²) in [6, 6.07) is 6.02. The molecule has 1 fully saturated rings. The van der Waals surface area contributed by atoms with Crippen LogP contribution in [0.3, 0.4) is 0 Å². The van der Waals surface area contributed by atoms with Crippen molar-refractivity contribution in [3.8, 4) is 0 Å². The molecule has 1 aliphatic rings. The molecular formula is C16H24N2O. The fourth-order valence-corrected chi connectivity index (χ4v) is 2.95. The van der Waals surface area contributed by atoms with E-state index in [1.54, 1.807) is 0 Å². The van der Waals surface area contributed by atoms with Crippen molar-refractivity contribution >= 4 is 5.91 Å². The van der Waals surface area contributed by atoms with Gasteiger partial charge in [0.25, 0.3) is 5.91 Å². The molecule has 0 radical (unpaired) electrons. The average molecular weight is 260 g/mol. The van der Waals surface area contributed by atoms with Crippen LogP contribution in [-0.4, -0.2) is 30.4 Å². The van der Waals surface area contributed by atoms with E-state index in [0.717, 1.165) is 36.2 Å². The van der Waals surface area contributed by atoms with Crippen LogP contribution in [0.2, 0.25) is 0 Å². The van der Waals surface area contributed by atoms with E-state index in [2.05, 4.69) is 6.92 Å². The first-order chi connectivity index (χ1) is 9.04. The second-order valence-corrected chi connectivity index (χ2v) is 5.78. The Morgan fingerprint density at radius 2 is 2.00 bits per heavy atom. The summed E-state index contributed by atoms with van der Waals surface area (Å²) in [5.41, 5.74) is 8.81. The van der Waals surface area contributed by atoms with Crippen molar-refractivity contribution in [2.75, 3.05) is 19.6 Å². The number of hydrogen-bond acceptors (Lipinski definition) is 2. The molecule has 1 aliphatic heterocycles. The highest BCUT2D eigenvalue weighted by Gasteiger charge is 2.29. The Morgan fingerprint density at radius 3 is 2.58 bits per heavy atom. The highest BCUT2D eigenvalue weighted by Crippen LogP contribution is 2.25. The van der Waals surface area contributed by atoms with Crippen LogP contribution in [0.4, 0.5) is 0 Å². The minimum Gasteiger partial charge on any atom is -0.338 e. The Kier molecular flexibility index (Phi) is 4.25. The maximum atomic E-state index is 12.7. The number of nitrogens with two attached hydrogens (primary N) is 1. The molecule has 0 saturated carbocycles. The lowest BCUT2D eigenvalue weighted by Gasteiger charge is -2.37. The van der Waals surface area contributed by atoms with Crippen LogP contribution in [0.25, 0.3) is 0 Å². The zero-order valence-electron chi connectivity index (χ0n) is 12.1. The molecule has 2 unspecified atom stereocenters. The summed E-state index contributed by atoms with van der Waals surface area (Å²) in [7, 11) is 0. The van der Waals surface area contributed by atoms with E-state index in [-0.39, 0.29) is 5.91 Å². The van der Waals surface area contributed by atoms with Crippen molar-refractivity contribution in [3.63, 3.8) is 0 Å². The van der Waals surface area contributed by atoms with Crippen LogP contribution in [-0.2, 0) is 0 Å². The molecule has 1 amide bonds. The number of carbonyl (C=O) groups excluding carboxylic acids is 1. The molecule has 1 heterocycles. The molecule has 2 rings (SSSR count). The first-order valence-corrected chi connectivity index (χ1v) is 7.10. The van der Waals surface area contributed by atoms with Crippen LogP contribution < -0.4 is 5.73 Å². The van der Waals surface area contributed by atoms with Crippen molar-refractivity contribution in [3.05, 3.63) is 34.9 Å². The summed E-state index contributed by atoms with van der Waals surface area (Å²) in [6.45, 7) is 8.56. The Balaban J connectivity index is 2.20. The van der Waals surface area contributed by atoms with Gasteiger partial charge >= 0.3 is 0 Å². The van der Waals surface area contributed by atoms with E-state index in [0.29, 0.717) is 18.4 Å². The maximum Gasteiger partial charge on any atom is 0.254 e. The molecule has 0 spiro atoms. The van der Waals surface area contributed by atoms with Gasteiger partial charge < -0.3 is 10.6 Å². The molecule has 0 aliphatic carbocycles. The number of piperidine rings is 1. The van der Waals surface area contributed by atoms with Gasteiger partial charge in [0.05, 0.1) is 0 Å². The zero-order chi connectivity index (χ0) is 14.0. The minimum absolute atomic E-state index is 0.168. The molecule has 104 valence electrons. The fraction of sp³-hybridized carbons (Fsp3) is 0.562. The Labute approximate surface area is 115 Å². The van der Waals surface area contributed by atoms with E-state index in [9.17, 15) is 4.79 Å². The molecule has 2 atom stereocenters. The normalized spacial score (nSPS) is 23.5. The van der Waals surface area contributed by atoms with Gasteiger partial charge in [-0.25, -0.2) is 0 Å². The molecule has 3 heteroatoms. The highest BCUT2D eigenvalue weighted by atomic mass is 16.2. The fourth-order valence-electron chi connectivity index (χ4n) is 2.95. The first-order valence-electron chi connectivity index (χ1n) is 7.10. The number of amides is 1. The number of rotatable bonds is 2. The molecule has 0 aromatic heterocycles.